The highest BCUT2D eigenvalue weighted by molar-refractivity contribution is 5.50. The lowest BCUT2D eigenvalue weighted by atomic mass is 9.93. The molecule has 0 bridgehead atoms. The van der Waals surface area contributed by atoms with Gasteiger partial charge in [-0.1, -0.05) is 0 Å². The number of aryl methyl sites for hydroxylation is 1. The summed E-state index contributed by atoms with van der Waals surface area (Å²) in [6.45, 7) is 4.93. The van der Waals surface area contributed by atoms with Crippen LogP contribution in [0.1, 0.15) is 24.8 Å². The fraction of sp³-hybridized carbons (Fsp3) is 0.643. The van der Waals surface area contributed by atoms with Crippen LogP contribution in [0.5, 0.6) is 0 Å². The Labute approximate surface area is 119 Å². The lowest BCUT2D eigenvalue weighted by Crippen LogP contribution is -2.35. The van der Waals surface area contributed by atoms with E-state index in [1.807, 2.05) is 14.0 Å². The van der Waals surface area contributed by atoms with E-state index in [0.717, 1.165) is 36.9 Å². The van der Waals surface area contributed by atoms with Gasteiger partial charge >= 0.3 is 0 Å². The van der Waals surface area contributed by atoms with Gasteiger partial charge in [0.1, 0.15) is 12.0 Å². The summed E-state index contributed by atoms with van der Waals surface area (Å²) in [6.07, 6.45) is 4.91. The minimum Gasteiger partial charge on any atom is -0.356 e. The zero-order valence-electron chi connectivity index (χ0n) is 12.1. The molecule has 0 aliphatic carbocycles. The van der Waals surface area contributed by atoms with Crippen molar-refractivity contribution < 1.29 is 4.92 Å². The summed E-state index contributed by atoms with van der Waals surface area (Å²) in [5.74, 6) is 1.67. The van der Waals surface area contributed by atoms with Crippen LogP contribution in [0.15, 0.2) is 12.3 Å². The second kappa shape index (κ2) is 6.65. The first-order valence-electron chi connectivity index (χ1n) is 7.12. The van der Waals surface area contributed by atoms with Crippen molar-refractivity contribution in [1.29, 1.82) is 0 Å². The van der Waals surface area contributed by atoms with E-state index >= 15 is 0 Å². The number of nitrogens with zero attached hydrogens (tertiary/aromatic N) is 3. The minimum absolute atomic E-state index is 0.0650. The molecule has 6 heteroatoms. The van der Waals surface area contributed by atoms with Crippen molar-refractivity contribution in [2.75, 3.05) is 31.6 Å². The summed E-state index contributed by atoms with van der Waals surface area (Å²) in [5, 5.41) is 13.9. The van der Waals surface area contributed by atoms with Crippen LogP contribution in [0, 0.1) is 23.0 Å². The first-order valence-corrected chi connectivity index (χ1v) is 7.12. The van der Waals surface area contributed by atoms with Gasteiger partial charge in [-0.15, -0.1) is 0 Å². The Morgan fingerprint density at radius 1 is 1.50 bits per heavy atom. The molecule has 110 valence electrons. The van der Waals surface area contributed by atoms with Crippen LogP contribution in [0.4, 0.5) is 11.5 Å². The molecule has 0 aromatic carbocycles. The van der Waals surface area contributed by atoms with Crippen molar-refractivity contribution in [1.82, 2.24) is 10.3 Å². The molecular weight excluding hydrogens is 256 g/mol. The molecule has 0 spiro atoms. The summed E-state index contributed by atoms with van der Waals surface area (Å²) in [5.41, 5.74) is 0.947. The molecule has 2 heterocycles. The number of pyridine rings is 1. The Hall–Kier alpha value is -1.69. The molecule has 0 radical (unpaired) electrons. The Bertz CT molecular complexity index is 470. The molecule has 1 aromatic rings. The maximum absolute atomic E-state index is 10.7. The van der Waals surface area contributed by atoms with E-state index in [1.165, 1.54) is 25.5 Å². The Balaban J connectivity index is 1.98. The van der Waals surface area contributed by atoms with Crippen molar-refractivity contribution in [2.24, 2.45) is 5.92 Å². The van der Waals surface area contributed by atoms with Crippen molar-refractivity contribution in [3.8, 4) is 0 Å². The van der Waals surface area contributed by atoms with Gasteiger partial charge in [-0.3, -0.25) is 10.1 Å². The number of hydrogen-bond acceptors (Lipinski definition) is 5. The zero-order chi connectivity index (χ0) is 14.5. The Morgan fingerprint density at radius 3 is 2.75 bits per heavy atom. The average Bonchev–Trinajstić information content (AvgIpc) is 2.45. The molecular formula is C14H22N4O2. The molecule has 0 saturated carbocycles. The maximum Gasteiger partial charge on any atom is 0.287 e. The molecule has 20 heavy (non-hydrogen) atoms. The molecule has 0 atom stereocenters. The molecule has 1 N–H and O–H groups in total. The molecule has 1 fully saturated rings. The maximum atomic E-state index is 10.7. The second-order valence-corrected chi connectivity index (χ2v) is 5.41. The largest absolute Gasteiger partial charge is 0.356 e. The highest BCUT2D eigenvalue weighted by Crippen LogP contribution is 2.27. The van der Waals surface area contributed by atoms with E-state index in [-0.39, 0.29) is 5.69 Å². The molecule has 1 aliphatic rings. The summed E-state index contributed by atoms with van der Waals surface area (Å²) >= 11 is 0. The Morgan fingerprint density at radius 2 is 2.20 bits per heavy atom. The average molecular weight is 278 g/mol. The number of rotatable bonds is 5. The van der Waals surface area contributed by atoms with Crippen molar-refractivity contribution >= 4 is 11.5 Å². The van der Waals surface area contributed by atoms with Gasteiger partial charge in [0.2, 0.25) is 0 Å². The highest BCUT2D eigenvalue weighted by atomic mass is 16.6. The number of nitro groups is 1. The molecule has 0 unspecified atom stereocenters. The van der Waals surface area contributed by atoms with Gasteiger partial charge in [-0.2, -0.15) is 0 Å². The third-order valence-corrected chi connectivity index (χ3v) is 3.96. The SMILES string of the molecule is CNCCC1CCN(c2ncc([N+](=O)[O-])cc2C)CC1. The molecule has 0 amide bonds. The third-order valence-electron chi connectivity index (χ3n) is 3.96. The van der Waals surface area contributed by atoms with Crippen molar-refractivity contribution in [2.45, 2.75) is 26.2 Å². The van der Waals surface area contributed by atoms with Gasteiger partial charge in [0.15, 0.2) is 0 Å². The van der Waals surface area contributed by atoms with E-state index in [2.05, 4.69) is 15.2 Å². The third kappa shape index (κ3) is 3.45. The van der Waals surface area contributed by atoms with Gasteiger partial charge in [0.25, 0.3) is 5.69 Å². The predicted molar refractivity (Wildman–Crippen MR) is 79.1 cm³/mol. The molecule has 1 aromatic heterocycles. The van der Waals surface area contributed by atoms with E-state index in [9.17, 15) is 10.1 Å². The number of hydrogen-bond donors (Lipinski definition) is 1. The van der Waals surface area contributed by atoms with Gasteiger partial charge in [-0.25, -0.2) is 4.98 Å². The first-order chi connectivity index (χ1) is 9.61. The smallest absolute Gasteiger partial charge is 0.287 e. The lowest BCUT2D eigenvalue weighted by Gasteiger charge is -2.33. The quantitative estimate of drug-likeness (QED) is 0.660. The summed E-state index contributed by atoms with van der Waals surface area (Å²) < 4.78 is 0. The van der Waals surface area contributed by atoms with Crippen LogP contribution in [0.3, 0.4) is 0 Å². The highest BCUT2D eigenvalue weighted by Gasteiger charge is 2.21. The number of nitrogens with one attached hydrogen (secondary N) is 1. The van der Waals surface area contributed by atoms with E-state index in [1.54, 1.807) is 6.07 Å². The standard InChI is InChI=1S/C14H22N4O2/c1-11-9-13(18(19)20)10-16-14(11)17-7-4-12(5-8-17)3-6-15-2/h9-10,12,15H,3-8H2,1-2H3. The Kier molecular flexibility index (Phi) is 4.89. The van der Waals surface area contributed by atoms with E-state index in [0.29, 0.717) is 0 Å². The lowest BCUT2D eigenvalue weighted by molar-refractivity contribution is -0.385. The molecule has 1 saturated heterocycles. The molecule has 1 aliphatic heterocycles. The van der Waals surface area contributed by atoms with Crippen molar-refractivity contribution in [3.63, 3.8) is 0 Å². The fourth-order valence-electron chi connectivity index (χ4n) is 2.77. The topological polar surface area (TPSA) is 71.3 Å². The van der Waals surface area contributed by atoms with E-state index < -0.39 is 4.92 Å². The monoisotopic (exact) mass is 278 g/mol. The first kappa shape index (κ1) is 14.7. The van der Waals surface area contributed by atoms with Crippen LogP contribution < -0.4 is 10.2 Å². The van der Waals surface area contributed by atoms with Crippen molar-refractivity contribution in [3.05, 3.63) is 27.9 Å². The fourth-order valence-corrected chi connectivity index (χ4v) is 2.77. The number of anilines is 1. The van der Waals surface area contributed by atoms with Gasteiger partial charge in [0, 0.05) is 19.2 Å². The van der Waals surface area contributed by atoms with Gasteiger partial charge in [0.05, 0.1) is 4.92 Å². The minimum atomic E-state index is -0.395. The van der Waals surface area contributed by atoms with Crippen LogP contribution in [0.2, 0.25) is 0 Å². The van der Waals surface area contributed by atoms with Crippen LogP contribution in [0.25, 0.3) is 0 Å². The normalized spacial score (nSPS) is 16.4. The number of aromatic nitrogens is 1. The van der Waals surface area contributed by atoms with Gasteiger partial charge < -0.3 is 10.2 Å². The van der Waals surface area contributed by atoms with E-state index in [4.69, 9.17) is 0 Å². The van der Waals surface area contributed by atoms with Crippen LogP contribution in [-0.2, 0) is 0 Å². The predicted octanol–water partition coefficient (Wildman–Crippen LogP) is 2.12. The van der Waals surface area contributed by atoms with Crippen LogP contribution in [-0.4, -0.2) is 36.6 Å². The van der Waals surface area contributed by atoms with Crippen LogP contribution >= 0.6 is 0 Å². The molecule has 6 nitrogen and oxygen atoms in total. The molecule has 2 rings (SSSR count). The summed E-state index contributed by atoms with van der Waals surface area (Å²) in [7, 11) is 1.99. The zero-order valence-corrected chi connectivity index (χ0v) is 12.1. The summed E-state index contributed by atoms with van der Waals surface area (Å²) in [4.78, 5) is 16.9. The second-order valence-electron chi connectivity index (χ2n) is 5.41. The van der Waals surface area contributed by atoms with Gasteiger partial charge in [-0.05, 0) is 51.3 Å². The number of piperidine rings is 1. The summed E-state index contributed by atoms with van der Waals surface area (Å²) in [6, 6.07) is 1.61.